The lowest BCUT2D eigenvalue weighted by Crippen LogP contribution is -2.42. The molecule has 1 saturated heterocycles. The first kappa shape index (κ1) is 15.5. The number of hydrogen-bond donors (Lipinski definition) is 1. The Morgan fingerprint density at radius 2 is 1.75 bits per heavy atom. The topological polar surface area (TPSA) is 63.2 Å². The summed E-state index contributed by atoms with van der Waals surface area (Å²) in [5.41, 5.74) is 1.25. The number of rotatable bonds is 3. The lowest BCUT2D eigenvalue weighted by molar-refractivity contribution is -0.123. The zero-order valence-corrected chi connectivity index (χ0v) is 13.6. The van der Waals surface area contributed by atoms with Gasteiger partial charge in [0.25, 0.3) is 0 Å². The van der Waals surface area contributed by atoms with Crippen LogP contribution in [0.4, 0.5) is 0 Å². The molecule has 0 aromatic rings. The van der Waals surface area contributed by atoms with Gasteiger partial charge in [0.2, 0.25) is 5.91 Å². The van der Waals surface area contributed by atoms with Crippen molar-refractivity contribution in [2.24, 2.45) is 17.3 Å². The number of allylic oxidation sites excluding steroid dienone is 2. The van der Waals surface area contributed by atoms with Crippen LogP contribution in [0.1, 0.15) is 40.5 Å². The summed E-state index contributed by atoms with van der Waals surface area (Å²) in [5.74, 6) is 0.810. The molecule has 0 spiro atoms. The minimum atomic E-state index is -2.87. The summed E-state index contributed by atoms with van der Waals surface area (Å²) in [6.07, 6.45) is 3.28. The third kappa shape index (κ3) is 3.25. The summed E-state index contributed by atoms with van der Waals surface area (Å²) < 4.78 is 22.8. The molecule has 5 heteroatoms. The SMILES string of the molecule is CC(C)=C[C@H]1[C@H](C(=O)NC2CCS(=O)(=O)CC2)C1(C)C. The molecule has 1 saturated carbocycles. The van der Waals surface area contributed by atoms with Crippen LogP contribution in [0.5, 0.6) is 0 Å². The number of nitrogens with one attached hydrogen (secondary N) is 1. The first-order valence-electron chi connectivity index (χ1n) is 7.29. The van der Waals surface area contributed by atoms with Crippen molar-refractivity contribution in [3.05, 3.63) is 11.6 Å². The molecule has 0 radical (unpaired) electrons. The Morgan fingerprint density at radius 3 is 2.25 bits per heavy atom. The van der Waals surface area contributed by atoms with E-state index in [2.05, 4.69) is 39.1 Å². The summed E-state index contributed by atoms with van der Waals surface area (Å²) in [4.78, 5) is 12.4. The van der Waals surface area contributed by atoms with Gasteiger partial charge in [0, 0.05) is 6.04 Å². The van der Waals surface area contributed by atoms with E-state index < -0.39 is 9.84 Å². The van der Waals surface area contributed by atoms with Crippen molar-refractivity contribution in [3.8, 4) is 0 Å². The fraction of sp³-hybridized carbons (Fsp3) is 0.800. The van der Waals surface area contributed by atoms with E-state index in [4.69, 9.17) is 0 Å². The smallest absolute Gasteiger partial charge is 0.224 e. The third-order valence-corrected chi connectivity index (χ3v) is 6.32. The van der Waals surface area contributed by atoms with Crippen molar-refractivity contribution in [1.29, 1.82) is 0 Å². The molecule has 0 unspecified atom stereocenters. The van der Waals surface area contributed by atoms with Crippen LogP contribution in [-0.2, 0) is 14.6 Å². The molecule has 2 fully saturated rings. The van der Waals surface area contributed by atoms with Crippen LogP contribution in [0.15, 0.2) is 11.6 Å². The Morgan fingerprint density at radius 1 is 1.20 bits per heavy atom. The molecule has 0 bridgehead atoms. The van der Waals surface area contributed by atoms with Crippen LogP contribution >= 0.6 is 0 Å². The third-order valence-electron chi connectivity index (χ3n) is 4.61. The Hall–Kier alpha value is -0.840. The van der Waals surface area contributed by atoms with E-state index in [0.717, 1.165) is 0 Å². The van der Waals surface area contributed by atoms with Crippen molar-refractivity contribution < 1.29 is 13.2 Å². The van der Waals surface area contributed by atoms with Crippen LogP contribution in [0.2, 0.25) is 0 Å². The molecule has 1 aliphatic heterocycles. The highest BCUT2D eigenvalue weighted by Gasteiger charge is 2.60. The lowest BCUT2D eigenvalue weighted by Gasteiger charge is -2.23. The largest absolute Gasteiger partial charge is 0.353 e. The highest BCUT2D eigenvalue weighted by Crippen LogP contribution is 2.59. The zero-order valence-electron chi connectivity index (χ0n) is 12.8. The number of carbonyl (C=O) groups excluding carboxylic acids is 1. The van der Waals surface area contributed by atoms with Gasteiger partial charge in [-0.2, -0.15) is 0 Å². The number of amides is 1. The summed E-state index contributed by atoms with van der Waals surface area (Å²) in [5, 5.41) is 3.04. The second-order valence-electron chi connectivity index (χ2n) is 7.00. The second-order valence-corrected chi connectivity index (χ2v) is 9.31. The first-order valence-corrected chi connectivity index (χ1v) is 9.11. The van der Waals surface area contributed by atoms with Crippen LogP contribution in [0.3, 0.4) is 0 Å². The zero-order chi connectivity index (χ0) is 15.1. The van der Waals surface area contributed by atoms with Gasteiger partial charge >= 0.3 is 0 Å². The lowest BCUT2D eigenvalue weighted by atomic mass is 10.1. The van der Waals surface area contributed by atoms with Crippen LogP contribution < -0.4 is 5.32 Å². The highest BCUT2D eigenvalue weighted by atomic mass is 32.2. The number of hydrogen-bond acceptors (Lipinski definition) is 3. The molecule has 0 aromatic heterocycles. The first-order chi connectivity index (χ1) is 9.13. The minimum absolute atomic E-state index is 0.0160. The molecule has 1 N–H and O–H groups in total. The fourth-order valence-corrected chi connectivity index (χ4v) is 4.67. The second kappa shape index (κ2) is 5.17. The molecule has 1 heterocycles. The van der Waals surface area contributed by atoms with Crippen LogP contribution in [0.25, 0.3) is 0 Å². The van der Waals surface area contributed by atoms with Gasteiger partial charge in [-0.3, -0.25) is 4.79 Å². The van der Waals surface area contributed by atoms with Gasteiger partial charge in [-0.05, 0) is 38.0 Å². The van der Waals surface area contributed by atoms with E-state index >= 15 is 0 Å². The van der Waals surface area contributed by atoms with Gasteiger partial charge in [0.15, 0.2) is 0 Å². The maximum Gasteiger partial charge on any atom is 0.224 e. The van der Waals surface area contributed by atoms with Crippen molar-refractivity contribution >= 4 is 15.7 Å². The average Bonchev–Trinajstić information content (AvgIpc) is 2.82. The Bertz CT molecular complexity index is 515. The fourth-order valence-electron chi connectivity index (χ4n) is 3.17. The number of sulfone groups is 1. The van der Waals surface area contributed by atoms with Gasteiger partial charge in [-0.15, -0.1) is 0 Å². The van der Waals surface area contributed by atoms with Gasteiger partial charge in [-0.25, -0.2) is 8.42 Å². The van der Waals surface area contributed by atoms with E-state index in [9.17, 15) is 13.2 Å². The molecule has 2 atom stereocenters. The normalized spacial score (nSPS) is 31.4. The van der Waals surface area contributed by atoms with Crippen molar-refractivity contribution in [3.63, 3.8) is 0 Å². The quantitative estimate of drug-likeness (QED) is 0.810. The Balaban J connectivity index is 1.92. The molecule has 2 aliphatic rings. The van der Waals surface area contributed by atoms with Crippen molar-refractivity contribution in [2.45, 2.75) is 46.6 Å². The number of carbonyl (C=O) groups is 1. The summed E-state index contributed by atoms with van der Waals surface area (Å²) in [7, 11) is -2.87. The van der Waals surface area contributed by atoms with Gasteiger partial charge in [0.05, 0.1) is 17.4 Å². The maximum absolute atomic E-state index is 12.4. The molecular formula is C15H25NO3S. The van der Waals surface area contributed by atoms with Gasteiger partial charge in [-0.1, -0.05) is 25.5 Å². The molecule has 1 amide bonds. The summed E-state index contributed by atoms with van der Waals surface area (Å²) >= 11 is 0. The molecular weight excluding hydrogens is 274 g/mol. The minimum Gasteiger partial charge on any atom is -0.353 e. The highest BCUT2D eigenvalue weighted by molar-refractivity contribution is 7.91. The maximum atomic E-state index is 12.4. The molecule has 114 valence electrons. The monoisotopic (exact) mass is 299 g/mol. The standard InChI is InChI=1S/C15H25NO3S/c1-10(2)9-12-13(15(12,3)4)14(17)16-11-5-7-20(18,19)8-6-11/h9,11-13H,5-8H2,1-4H3,(H,16,17)/t12-,13+/m0/s1. The van der Waals surface area contributed by atoms with Crippen molar-refractivity contribution in [1.82, 2.24) is 5.32 Å². The van der Waals surface area contributed by atoms with E-state index in [0.29, 0.717) is 18.8 Å². The van der Waals surface area contributed by atoms with E-state index in [1.807, 2.05) is 0 Å². The van der Waals surface area contributed by atoms with Crippen molar-refractivity contribution in [2.75, 3.05) is 11.5 Å². The van der Waals surface area contributed by atoms with E-state index in [-0.39, 0.29) is 34.8 Å². The molecule has 20 heavy (non-hydrogen) atoms. The molecule has 2 rings (SSSR count). The predicted molar refractivity (Wildman–Crippen MR) is 80.0 cm³/mol. The van der Waals surface area contributed by atoms with E-state index in [1.54, 1.807) is 0 Å². The average molecular weight is 299 g/mol. The molecule has 0 aromatic carbocycles. The predicted octanol–water partition coefficient (Wildman–Crippen LogP) is 1.92. The van der Waals surface area contributed by atoms with Crippen LogP contribution in [0, 0.1) is 17.3 Å². The van der Waals surface area contributed by atoms with Gasteiger partial charge < -0.3 is 5.32 Å². The Kier molecular flexibility index (Phi) is 4.02. The molecule has 1 aliphatic carbocycles. The van der Waals surface area contributed by atoms with Crippen LogP contribution in [-0.4, -0.2) is 31.9 Å². The van der Waals surface area contributed by atoms with E-state index in [1.165, 1.54) is 5.57 Å². The molecule has 4 nitrogen and oxygen atoms in total. The summed E-state index contributed by atoms with van der Waals surface area (Å²) in [6, 6.07) is 0.0229. The van der Waals surface area contributed by atoms with Gasteiger partial charge in [0.1, 0.15) is 9.84 Å². The Labute approximate surface area is 121 Å². The summed E-state index contributed by atoms with van der Waals surface area (Å²) in [6.45, 7) is 8.34.